The van der Waals surface area contributed by atoms with Crippen molar-refractivity contribution in [3.05, 3.63) is 0 Å². The van der Waals surface area contributed by atoms with Crippen LogP contribution in [0.4, 0.5) is 0 Å². The summed E-state index contributed by atoms with van der Waals surface area (Å²) in [4.78, 5) is 26.9. The summed E-state index contributed by atoms with van der Waals surface area (Å²) in [6.07, 6.45) is 2.28. The summed E-state index contributed by atoms with van der Waals surface area (Å²) in [6.45, 7) is 12.6. The maximum Gasteiger partial charge on any atom is 0.319 e. The minimum Gasteiger partial charge on any atom is -0.465 e. The summed E-state index contributed by atoms with van der Waals surface area (Å²) >= 11 is 0. The van der Waals surface area contributed by atoms with Crippen molar-refractivity contribution in [3.8, 4) is 0 Å². The zero-order valence-electron chi connectivity index (χ0n) is 14.1. The van der Waals surface area contributed by atoms with Crippen molar-refractivity contribution in [1.82, 2.24) is 10.2 Å². The first-order chi connectivity index (χ1) is 9.81. The Morgan fingerprint density at radius 3 is 2.52 bits per heavy atom. The molecule has 1 amide bonds. The topological polar surface area (TPSA) is 58.6 Å². The summed E-state index contributed by atoms with van der Waals surface area (Å²) in [5, 5.41) is 2.95. The number of likely N-dealkylation sites (N-methyl/N-ethyl adjacent to an activating group) is 1. The van der Waals surface area contributed by atoms with Crippen LogP contribution in [0.15, 0.2) is 0 Å². The predicted molar refractivity (Wildman–Crippen MR) is 82.9 cm³/mol. The van der Waals surface area contributed by atoms with Gasteiger partial charge in [0.05, 0.1) is 6.61 Å². The van der Waals surface area contributed by atoms with Gasteiger partial charge in [-0.3, -0.25) is 14.5 Å². The van der Waals surface area contributed by atoms with E-state index in [1.807, 2.05) is 20.8 Å². The molecule has 0 aromatic rings. The Kier molecular flexibility index (Phi) is 6.65. The zero-order chi connectivity index (χ0) is 16.0. The number of hydrogen-bond acceptors (Lipinski definition) is 4. The average molecular weight is 298 g/mol. The van der Waals surface area contributed by atoms with Gasteiger partial charge in [-0.2, -0.15) is 0 Å². The number of nitrogens with zero attached hydrogens (tertiary/aromatic N) is 1. The number of carbonyl (C=O) groups excluding carboxylic acids is 2. The van der Waals surface area contributed by atoms with Crippen LogP contribution in [0.3, 0.4) is 0 Å². The van der Waals surface area contributed by atoms with E-state index < -0.39 is 17.3 Å². The van der Waals surface area contributed by atoms with E-state index in [4.69, 9.17) is 4.74 Å². The van der Waals surface area contributed by atoms with E-state index in [9.17, 15) is 9.59 Å². The molecule has 5 heteroatoms. The molecule has 122 valence electrons. The fourth-order valence-electron chi connectivity index (χ4n) is 2.94. The minimum absolute atomic E-state index is 0.219. The quantitative estimate of drug-likeness (QED) is 0.600. The molecule has 1 rings (SSSR count). The van der Waals surface area contributed by atoms with Crippen LogP contribution in [0.1, 0.15) is 47.5 Å². The number of ether oxygens (including phenoxy) is 1. The Hall–Kier alpha value is -1.10. The molecule has 0 radical (unpaired) electrons. The standard InChI is InChI=1S/C16H30N2O3/c1-6-18-10-8-9-12(18)11-17-14(19)13(16(3,4)5)15(20)21-7-2/h12-13H,6-11H2,1-5H3,(H,17,19). The summed E-state index contributed by atoms with van der Waals surface area (Å²) in [5.41, 5.74) is -0.448. The van der Waals surface area contributed by atoms with E-state index in [1.54, 1.807) is 6.92 Å². The summed E-state index contributed by atoms with van der Waals surface area (Å²) in [6, 6.07) is 0.391. The molecule has 5 nitrogen and oxygen atoms in total. The van der Waals surface area contributed by atoms with E-state index in [1.165, 1.54) is 6.42 Å². The van der Waals surface area contributed by atoms with E-state index >= 15 is 0 Å². The van der Waals surface area contributed by atoms with Crippen molar-refractivity contribution in [2.24, 2.45) is 11.3 Å². The second kappa shape index (κ2) is 7.78. The van der Waals surface area contributed by atoms with Crippen molar-refractivity contribution in [2.45, 2.75) is 53.5 Å². The second-order valence-electron chi connectivity index (χ2n) is 6.72. The second-order valence-corrected chi connectivity index (χ2v) is 6.72. The molecule has 1 saturated heterocycles. The van der Waals surface area contributed by atoms with Gasteiger partial charge in [-0.15, -0.1) is 0 Å². The van der Waals surface area contributed by atoms with E-state index in [-0.39, 0.29) is 5.91 Å². The van der Waals surface area contributed by atoms with Crippen molar-refractivity contribution in [1.29, 1.82) is 0 Å². The van der Waals surface area contributed by atoms with Gasteiger partial charge in [0.2, 0.25) is 5.91 Å². The van der Waals surface area contributed by atoms with Crippen LogP contribution >= 0.6 is 0 Å². The molecule has 0 saturated carbocycles. The zero-order valence-corrected chi connectivity index (χ0v) is 14.1. The highest BCUT2D eigenvalue weighted by molar-refractivity contribution is 5.98. The van der Waals surface area contributed by atoms with Gasteiger partial charge in [-0.05, 0) is 38.3 Å². The molecule has 1 aliphatic rings. The maximum atomic E-state index is 12.4. The summed E-state index contributed by atoms with van der Waals surface area (Å²) < 4.78 is 5.06. The molecule has 0 aromatic heterocycles. The van der Waals surface area contributed by atoms with Crippen LogP contribution in [0.25, 0.3) is 0 Å². The highest BCUT2D eigenvalue weighted by atomic mass is 16.5. The molecule has 0 bridgehead atoms. The van der Waals surface area contributed by atoms with E-state index in [0.717, 1.165) is 19.5 Å². The minimum atomic E-state index is -0.756. The van der Waals surface area contributed by atoms with Crippen LogP contribution in [0.2, 0.25) is 0 Å². The third kappa shape index (κ3) is 4.99. The third-order valence-corrected chi connectivity index (χ3v) is 4.07. The van der Waals surface area contributed by atoms with Gasteiger partial charge in [0.25, 0.3) is 0 Å². The molecule has 2 atom stereocenters. The van der Waals surface area contributed by atoms with Crippen LogP contribution in [0, 0.1) is 11.3 Å². The number of hydrogen-bond donors (Lipinski definition) is 1. The van der Waals surface area contributed by atoms with Gasteiger partial charge < -0.3 is 10.1 Å². The van der Waals surface area contributed by atoms with Gasteiger partial charge in [0.1, 0.15) is 5.92 Å². The predicted octanol–water partition coefficient (Wildman–Crippen LogP) is 1.81. The van der Waals surface area contributed by atoms with Crippen LogP contribution in [-0.4, -0.2) is 49.1 Å². The van der Waals surface area contributed by atoms with Gasteiger partial charge in [-0.25, -0.2) is 0 Å². The Morgan fingerprint density at radius 2 is 2.00 bits per heavy atom. The van der Waals surface area contributed by atoms with Gasteiger partial charge in [0.15, 0.2) is 0 Å². The van der Waals surface area contributed by atoms with Crippen LogP contribution in [0.5, 0.6) is 0 Å². The fourth-order valence-corrected chi connectivity index (χ4v) is 2.94. The number of likely N-dealkylation sites (tertiary alicyclic amines) is 1. The Balaban J connectivity index is 2.63. The highest BCUT2D eigenvalue weighted by Gasteiger charge is 2.39. The largest absolute Gasteiger partial charge is 0.465 e. The lowest BCUT2D eigenvalue weighted by Gasteiger charge is -2.29. The van der Waals surface area contributed by atoms with E-state index in [0.29, 0.717) is 19.2 Å². The molecule has 0 spiro atoms. The first-order valence-corrected chi connectivity index (χ1v) is 7.99. The Labute approximate surface area is 128 Å². The van der Waals surface area contributed by atoms with Gasteiger partial charge in [0, 0.05) is 12.6 Å². The molecule has 1 heterocycles. The molecule has 1 N–H and O–H groups in total. The van der Waals surface area contributed by atoms with Crippen LogP contribution < -0.4 is 5.32 Å². The van der Waals surface area contributed by atoms with Crippen molar-refractivity contribution < 1.29 is 14.3 Å². The molecule has 0 aromatic carbocycles. The van der Waals surface area contributed by atoms with Crippen molar-refractivity contribution in [2.75, 3.05) is 26.2 Å². The first-order valence-electron chi connectivity index (χ1n) is 7.99. The highest BCUT2D eigenvalue weighted by Crippen LogP contribution is 2.27. The molecule has 0 aliphatic carbocycles. The lowest BCUT2D eigenvalue weighted by molar-refractivity contribution is -0.156. The molecule has 2 unspecified atom stereocenters. The third-order valence-electron chi connectivity index (χ3n) is 4.07. The molecule has 21 heavy (non-hydrogen) atoms. The summed E-state index contributed by atoms with van der Waals surface area (Å²) in [5.74, 6) is -1.40. The van der Waals surface area contributed by atoms with Gasteiger partial charge in [-0.1, -0.05) is 27.7 Å². The number of rotatable bonds is 6. The fraction of sp³-hybridized carbons (Fsp3) is 0.875. The molecular formula is C16H30N2O3. The number of carbonyl (C=O) groups is 2. The monoisotopic (exact) mass is 298 g/mol. The number of nitrogens with one attached hydrogen (secondary N) is 1. The molecule has 1 aliphatic heterocycles. The lowest BCUT2D eigenvalue weighted by Crippen LogP contribution is -2.47. The van der Waals surface area contributed by atoms with Crippen molar-refractivity contribution >= 4 is 11.9 Å². The SMILES string of the molecule is CCOC(=O)C(C(=O)NCC1CCCN1CC)C(C)(C)C. The van der Waals surface area contributed by atoms with E-state index in [2.05, 4.69) is 17.1 Å². The average Bonchev–Trinajstić information content (AvgIpc) is 2.82. The normalized spacial score (nSPS) is 21.1. The summed E-state index contributed by atoms with van der Waals surface area (Å²) in [7, 11) is 0. The van der Waals surface area contributed by atoms with Crippen LogP contribution in [-0.2, 0) is 14.3 Å². The lowest BCUT2D eigenvalue weighted by atomic mass is 9.80. The number of amides is 1. The first kappa shape index (κ1) is 18.0. The Morgan fingerprint density at radius 1 is 1.33 bits per heavy atom. The maximum absolute atomic E-state index is 12.4. The molecular weight excluding hydrogens is 268 g/mol. The van der Waals surface area contributed by atoms with Crippen molar-refractivity contribution in [3.63, 3.8) is 0 Å². The number of esters is 1. The molecule has 1 fully saturated rings. The smallest absolute Gasteiger partial charge is 0.319 e. The Bertz CT molecular complexity index is 363. The van der Waals surface area contributed by atoms with Gasteiger partial charge >= 0.3 is 5.97 Å².